The maximum Gasteiger partial charge on any atom is 0.311 e. The van der Waals surface area contributed by atoms with E-state index in [0.29, 0.717) is 23.6 Å². The quantitative estimate of drug-likeness (QED) is 0.884. The van der Waals surface area contributed by atoms with Crippen molar-refractivity contribution in [3.8, 4) is 0 Å². The first-order valence-electron chi connectivity index (χ1n) is 8.21. The Bertz CT molecular complexity index is 762. The monoisotopic (exact) mass is 327 g/mol. The van der Waals surface area contributed by atoms with Crippen molar-refractivity contribution in [3.05, 3.63) is 58.5 Å². The first-order chi connectivity index (χ1) is 11.6. The van der Waals surface area contributed by atoms with Crippen LogP contribution in [0.25, 0.3) is 0 Å². The molecule has 0 fully saturated rings. The molecule has 5 nitrogen and oxygen atoms in total. The minimum absolute atomic E-state index is 0.210. The normalized spacial score (nSPS) is 16.5. The zero-order chi connectivity index (χ0) is 17.1. The number of carboxylic acid groups (broad SMARTS) is 1. The molecule has 1 unspecified atom stereocenters. The lowest BCUT2D eigenvalue weighted by Gasteiger charge is -2.25. The molecule has 5 heteroatoms. The summed E-state index contributed by atoms with van der Waals surface area (Å²) in [5.41, 5.74) is 3.67. The zero-order valence-corrected chi connectivity index (χ0v) is 13.7. The van der Waals surface area contributed by atoms with Gasteiger partial charge >= 0.3 is 5.97 Å². The third-order valence-electron chi connectivity index (χ3n) is 4.59. The van der Waals surface area contributed by atoms with Crippen molar-refractivity contribution in [1.29, 1.82) is 0 Å². The molecule has 1 aliphatic carbocycles. The SMILES string of the molecule is Cc1coc(CC(=O)O)c1C(=O)NCC1CCCc2ccccc21. The number of nitrogens with one attached hydrogen (secondary N) is 1. The van der Waals surface area contributed by atoms with Crippen LogP contribution < -0.4 is 5.32 Å². The first kappa shape index (κ1) is 16.3. The van der Waals surface area contributed by atoms with Crippen molar-refractivity contribution < 1.29 is 19.1 Å². The summed E-state index contributed by atoms with van der Waals surface area (Å²) in [6.07, 6.45) is 4.40. The molecule has 0 saturated carbocycles. The molecule has 0 spiro atoms. The number of aliphatic carboxylic acids is 1. The fourth-order valence-electron chi connectivity index (χ4n) is 3.44. The van der Waals surface area contributed by atoms with Crippen molar-refractivity contribution in [2.24, 2.45) is 0 Å². The van der Waals surface area contributed by atoms with Gasteiger partial charge in [-0.15, -0.1) is 0 Å². The summed E-state index contributed by atoms with van der Waals surface area (Å²) in [4.78, 5) is 23.4. The number of aryl methyl sites for hydroxylation is 2. The van der Waals surface area contributed by atoms with Gasteiger partial charge < -0.3 is 14.8 Å². The van der Waals surface area contributed by atoms with Gasteiger partial charge in [-0.1, -0.05) is 24.3 Å². The summed E-state index contributed by atoms with van der Waals surface area (Å²) in [7, 11) is 0. The second kappa shape index (κ2) is 6.91. The van der Waals surface area contributed by atoms with Crippen molar-refractivity contribution in [3.63, 3.8) is 0 Å². The molecule has 1 aromatic heterocycles. The Morgan fingerprint density at radius 1 is 1.33 bits per heavy atom. The van der Waals surface area contributed by atoms with Crippen molar-refractivity contribution in [2.45, 2.75) is 38.5 Å². The predicted molar refractivity (Wildman–Crippen MR) is 89.2 cm³/mol. The summed E-state index contributed by atoms with van der Waals surface area (Å²) in [5, 5.41) is 11.9. The van der Waals surface area contributed by atoms with E-state index in [9.17, 15) is 9.59 Å². The van der Waals surface area contributed by atoms with Gasteiger partial charge in [-0.2, -0.15) is 0 Å². The smallest absolute Gasteiger partial charge is 0.311 e. The maximum absolute atomic E-state index is 12.5. The van der Waals surface area contributed by atoms with Crippen LogP contribution in [0.15, 0.2) is 34.9 Å². The van der Waals surface area contributed by atoms with Crippen LogP contribution in [0, 0.1) is 6.92 Å². The van der Waals surface area contributed by atoms with Gasteiger partial charge in [-0.3, -0.25) is 9.59 Å². The number of furan rings is 1. The van der Waals surface area contributed by atoms with Gasteiger partial charge in [0.1, 0.15) is 12.2 Å². The number of fused-ring (bicyclic) bond motifs is 1. The average molecular weight is 327 g/mol. The van der Waals surface area contributed by atoms with E-state index in [1.54, 1.807) is 6.92 Å². The van der Waals surface area contributed by atoms with E-state index in [2.05, 4.69) is 17.4 Å². The van der Waals surface area contributed by atoms with Gasteiger partial charge in [0.15, 0.2) is 0 Å². The van der Waals surface area contributed by atoms with Gasteiger partial charge in [0.25, 0.3) is 5.91 Å². The van der Waals surface area contributed by atoms with Crippen LogP contribution in [0.1, 0.15) is 51.6 Å². The Kier molecular flexibility index (Phi) is 4.69. The minimum atomic E-state index is -1.01. The summed E-state index contributed by atoms with van der Waals surface area (Å²) >= 11 is 0. The number of carboxylic acids is 1. The molecule has 1 amide bonds. The van der Waals surface area contributed by atoms with E-state index < -0.39 is 5.97 Å². The van der Waals surface area contributed by atoms with Crippen LogP contribution >= 0.6 is 0 Å². The van der Waals surface area contributed by atoms with Crippen molar-refractivity contribution in [2.75, 3.05) is 6.54 Å². The molecule has 2 aromatic rings. The Morgan fingerprint density at radius 3 is 2.92 bits per heavy atom. The molecule has 0 saturated heterocycles. The van der Waals surface area contributed by atoms with Crippen LogP contribution in [0.4, 0.5) is 0 Å². The van der Waals surface area contributed by atoms with Gasteiger partial charge in [0.05, 0.1) is 11.8 Å². The number of hydrogen-bond donors (Lipinski definition) is 2. The van der Waals surface area contributed by atoms with E-state index in [1.165, 1.54) is 17.4 Å². The molecule has 0 aliphatic heterocycles. The van der Waals surface area contributed by atoms with Gasteiger partial charge in [-0.25, -0.2) is 0 Å². The number of amides is 1. The highest BCUT2D eigenvalue weighted by atomic mass is 16.4. The zero-order valence-electron chi connectivity index (χ0n) is 13.7. The lowest BCUT2D eigenvalue weighted by atomic mass is 9.83. The fourth-order valence-corrected chi connectivity index (χ4v) is 3.44. The molecule has 2 N–H and O–H groups in total. The van der Waals surface area contributed by atoms with Gasteiger partial charge in [0, 0.05) is 18.0 Å². The largest absolute Gasteiger partial charge is 0.481 e. The van der Waals surface area contributed by atoms with Crippen molar-refractivity contribution in [1.82, 2.24) is 5.32 Å². The molecular formula is C19H21NO4. The molecule has 0 radical (unpaired) electrons. The molecule has 24 heavy (non-hydrogen) atoms. The third-order valence-corrected chi connectivity index (χ3v) is 4.59. The molecule has 3 rings (SSSR count). The fraction of sp³-hybridized carbons (Fsp3) is 0.368. The second-order valence-corrected chi connectivity index (χ2v) is 6.29. The molecule has 1 heterocycles. The highest BCUT2D eigenvalue weighted by molar-refractivity contribution is 5.97. The molecule has 1 atom stereocenters. The second-order valence-electron chi connectivity index (χ2n) is 6.29. The van der Waals surface area contributed by atoms with E-state index in [0.717, 1.165) is 19.3 Å². The van der Waals surface area contributed by atoms with Crippen molar-refractivity contribution >= 4 is 11.9 Å². The first-order valence-corrected chi connectivity index (χ1v) is 8.21. The molecule has 126 valence electrons. The molecule has 1 aliphatic rings. The Labute approximate surface area is 140 Å². The highest BCUT2D eigenvalue weighted by Crippen LogP contribution is 2.31. The number of carbonyl (C=O) groups is 2. The lowest BCUT2D eigenvalue weighted by molar-refractivity contribution is -0.136. The topological polar surface area (TPSA) is 79.5 Å². The van der Waals surface area contributed by atoms with Crippen LogP contribution in [0.5, 0.6) is 0 Å². The number of hydrogen-bond acceptors (Lipinski definition) is 3. The van der Waals surface area contributed by atoms with E-state index in [-0.39, 0.29) is 18.1 Å². The Balaban J connectivity index is 1.71. The van der Waals surface area contributed by atoms with Crippen LogP contribution in [0.2, 0.25) is 0 Å². The van der Waals surface area contributed by atoms with Gasteiger partial charge in [0.2, 0.25) is 0 Å². The molecular weight excluding hydrogens is 306 g/mol. The van der Waals surface area contributed by atoms with E-state index >= 15 is 0 Å². The summed E-state index contributed by atoms with van der Waals surface area (Å²) in [5.74, 6) is -0.768. The Morgan fingerprint density at radius 2 is 2.12 bits per heavy atom. The summed E-state index contributed by atoms with van der Waals surface area (Å²) < 4.78 is 5.23. The highest BCUT2D eigenvalue weighted by Gasteiger charge is 2.23. The number of rotatable bonds is 5. The van der Waals surface area contributed by atoms with Crippen LogP contribution in [0.3, 0.4) is 0 Å². The molecule has 0 bridgehead atoms. The van der Waals surface area contributed by atoms with Crippen LogP contribution in [-0.2, 0) is 17.6 Å². The lowest BCUT2D eigenvalue weighted by Crippen LogP contribution is -2.30. The summed E-state index contributed by atoms with van der Waals surface area (Å²) in [6, 6.07) is 8.36. The average Bonchev–Trinajstić information content (AvgIpc) is 2.92. The van der Waals surface area contributed by atoms with E-state index in [4.69, 9.17) is 9.52 Å². The predicted octanol–water partition coefficient (Wildman–Crippen LogP) is 3.07. The van der Waals surface area contributed by atoms with E-state index in [1.807, 2.05) is 12.1 Å². The van der Waals surface area contributed by atoms with Crippen LogP contribution in [-0.4, -0.2) is 23.5 Å². The number of benzene rings is 1. The minimum Gasteiger partial charge on any atom is -0.481 e. The third kappa shape index (κ3) is 3.35. The molecule has 1 aromatic carbocycles. The maximum atomic E-state index is 12.5. The standard InChI is InChI=1S/C19H21NO4/c1-12-11-24-16(9-17(21)22)18(12)19(23)20-10-14-7-4-6-13-5-2-3-8-15(13)14/h2-3,5,8,11,14H,4,6-7,9-10H2,1H3,(H,20,23)(H,21,22). The number of carbonyl (C=O) groups excluding carboxylic acids is 1. The Hall–Kier alpha value is -2.56. The summed E-state index contributed by atoms with van der Waals surface area (Å²) in [6.45, 7) is 2.30. The van der Waals surface area contributed by atoms with Gasteiger partial charge in [-0.05, 0) is 37.3 Å².